The van der Waals surface area contributed by atoms with Crippen molar-refractivity contribution in [1.29, 1.82) is 0 Å². The smallest absolute Gasteiger partial charge is 0.261 e. The SMILES string of the molecule is CC(=O)Nc1ccc(S(=O)(=O)Nc2ccc(-c3ccc(OCC(C)C)nn3)cc2)cc1. The van der Waals surface area contributed by atoms with Crippen LogP contribution in [0.2, 0.25) is 0 Å². The van der Waals surface area contributed by atoms with Crippen LogP contribution in [-0.2, 0) is 14.8 Å². The van der Waals surface area contributed by atoms with Crippen LogP contribution in [0.3, 0.4) is 0 Å². The highest BCUT2D eigenvalue weighted by atomic mass is 32.2. The molecule has 2 N–H and O–H groups in total. The molecule has 0 fully saturated rings. The lowest BCUT2D eigenvalue weighted by Gasteiger charge is -2.10. The Morgan fingerprint density at radius 3 is 2.13 bits per heavy atom. The van der Waals surface area contributed by atoms with E-state index >= 15 is 0 Å². The number of nitrogens with one attached hydrogen (secondary N) is 2. The first kappa shape index (κ1) is 22.2. The molecule has 0 aliphatic rings. The largest absolute Gasteiger partial charge is 0.476 e. The Kier molecular flexibility index (Phi) is 6.86. The van der Waals surface area contributed by atoms with Crippen LogP contribution in [-0.4, -0.2) is 31.1 Å². The van der Waals surface area contributed by atoms with E-state index in [4.69, 9.17) is 4.74 Å². The zero-order valence-electron chi connectivity index (χ0n) is 17.5. The van der Waals surface area contributed by atoms with Gasteiger partial charge in [0.25, 0.3) is 10.0 Å². The maximum Gasteiger partial charge on any atom is 0.261 e. The van der Waals surface area contributed by atoms with Gasteiger partial charge in [0.1, 0.15) is 0 Å². The standard InChI is InChI=1S/C22H24N4O4S/c1-15(2)14-30-22-13-12-21(24-25-22)17-4-6-19(7-5-17)26-31(28,29)20-10-8-18(9-11-20)23-16(3)27/h4-13,15,26H,14H2,1-3H3,(H,23,27). The van der Waals surface area contributed by atoms with Gasteiger partial charge in [-0.15, -0.1) is 10.2 Å². The van der Waals surface area contributed by atoms with E-state index in [1.165, 1.54) is 31.2 Å². The van der Waals surface area contributed by atoms with Crippen molar-refractivity contribution >= 4 is 27.3 Å². The van der Waals surface area contributed by atoms with E-state index < -0.39 is 10.0 Å². The summed E-state index contributed by atoms with van der Waals surface area (Å²) in [4.78, 5) is 11.2. The summed E-state index contributed by atoms with van der Waals surface area (Å²) in [7, 11) is -3.76. The van der Waals surface area contributed by atoms with Gasteiger partial charge in [-0.05, 0) is 48.4 Å². The Bertz CT molecular complexity index is 1130. The lowest BCUT2D eigenvalue weighted by Crippen LogP contribution is -2.13. The lowest BCUT2D eigenvalue weighted by molar-refractivity contribution is -0.114. The van der Waals surface area contributed by atoms with Gasteiger partial charge in [-0.2, -0.15) is 0 Å². The van der Waals surface area contributed by atoms with Gasteiger partial charge >= 0.3 is 0 Å². The first-order valence-corrected chi connectivity index (χ1v) is 11.2. The fraction of sp³-hybridized carbons (Fsp3) is 0.227. The molecular weight excluding hydrogens is 416 g/mol. The number of benzene rings is 2. The number of nitrogens with zero attached hydrogens (tertiary/aromatic N) is 2. The molecule has 1 amide bonds. The molecule has 0 atom stereocenters. The molecule has 1 aromatic heterocycles. The van der Waals surface area contributed by atoms with Crippen LogP contribution in [0.1, 0.15) is 20.8 Å². The van der Waals surface area contributed by atoms with Gasteiger partial charge in [0.2, 0.25) is 11.8 Å². The number of aromatic nitrogens is 2. The monoisotopic (exact) mass is 440 g/mol. The molecule has 2 aromatic carbocycles. The summed E-state index contributed by atoms with van der Waals surface area (Å²) in [6, 6.07) is 16.3. The van der Waals surface area contributed by atoms with Crippen molar-refractivity contribution in [3.05, 3.63) is 60.7 Å². The molecule has 0 aliphatic heterocycles. The van der Waals surface area contributed by atoms with Crippen LogP contribution in [0, 0.1) is 5.92 Å². The van der Waals surface area contributed by atoms with Gasteiger partial charge in [0, 0.05) is 29.9 Å². The average Bonchev–Trinajstić information content (AvgIpc) is 2.73. The quantitative estimate of drug-likeness (QED) is 0.549. The first-order chi connectivity index (χ1) is 14.7. The van der Waals surface area contributed by atoms with Crippen molar-refractivity contribution in [3.8, 4) is 17.1 Å². The minimum atomic E-state index is -3.76. The zero-order valence-corrected chi connectivity index (χ0v) is 18.3. The summed E-state index contributed by atoms with van der Waals surface area (Å²) in [6.07, 6.45) is 0. The fourth-order valence-electron chi connectivity index (χ4n) is 2.65. The van der Waals surface area contributed by atoms with E-state index in [0.717, 1.165) is 5.56 Å². The van der Waals surface area contributed by atoms with E-state index in [1.807, 2.05) is 0 Å². The number of anilines is 2. The molecule has 0 saturated carbocycles. The van der Waals surface area contributed by atoms with Crippen LogP contribution < -0.4 is 14.8 Å². The Balaban J connectivity index is 1.67. The Morgan fingerprint density at radius 2 is 1.58 bits per heavy atom. The molecule has 0 aliphatic carbocycles. The van der Waals surface area contributed by atoms with Crippen molar-refractivity contribution in [1.82, 2.24) is 10.2 Å². The van der Waals surface area contributed by atoms with Crippen molar-refractivity contribution in [2.75, 3.05) is 16.6 Å². The molecule has 0 radical (unpaired) electrons. The summed E-state index contributed by atoms with van der Waals surface area (Å²) >= 11 is 0. The van der Waals surface area contributed by atoms with E-state index in [1.54, 1.807) is 36.4 Å². The van der Waals surface area contributed by atoms with Gasteiger partial charge in [-0.25, -0.2) is 8.42 Å². The molecular formula is C22H24N4O4S. The third-order valence-corrected chi connectivity index (χ3v) is 5.52. The van der Waals surface area contributed by atoms with E-state index in [9.17, 15) is 13.2 Å². The van der Waals surface area contributed by atoms with Crippen molar-refractivity contribution in [2.24, 2.45) is 5.92 Å². The van der Waals surface area contributed by atoms with Crippen molar-refractivity contribution in [3.63, 3.8) is 0 Å². The number of ether oxygens (including phenoxy) is 1. The number of carbonyl (C=O) groups excluding carboxylic acids is 1. The average molecular weight is 441 g/mol. The number of rotatable bonds is 8. The minimum Gasteiger partial charge on any atom is -0.476 e. The summed E-state index contributed by atoms with van der Waals surface area (Å²) in [5.41, 5.74) is 2.39. The molecule has 3 rings (SSSR count). The van der Waals surface area contributed by atoms with Gasteiger partial charge in [-0.3, -0.25) is 9.52 Å². The molecule has 3 aromatic rings. The molecule has 31 heavy (non-hydrogen) atoms. The molecule has 8 nitrogen and oxygen atoms in total. The van der Waals surface area contributed by atoms with Crippen LogP contribution in [0.4, 0.5) is 11.4 Å². The second-order valence-corrected chi connectivity index (χ2v) is 9.03. The second-order valence-electron chi connectivity index (χ2n) is 7.35. The second kappa shape index (κ2) is 9.57. The van der Waals surface area contributed by atoms with E-state index in [2.05, 4.69) is 34.1 Å². The Hall–Kier alpha value is -3.46. The highest BCUT2D eigenvalue weighted by Crippen LogP contribution is 2.23. The highest BCUT2D eigenvalue weighted by Gasteiger charge is 2.14. The van der Waals surface area contributed by atoms with E-state index in [-0.39, 0.29) is 10.8 Å². The number of amides is 1. The lowest BCUT2D eigenvalue weighted by atomic mass is 10.1. The molecule has 0 spiro atoms. The molecule has 0 bridgehead atoms. The Morgan fingerprint density at radius 1 is 0.935 bits per heavy atom. The van der Waals surface area contributed by atoms with Gasteiger partial charge in [0.05, 0.1) is 17.2 Å². The van der Waals surface area contributed by atoms with E-state index in [0.29, 0.717) is 35.5 Å². The molecule has 9 heteroatoms. The number of hydrogen-bond acceptors (Lipinski definition) is 6. The predicted molar refractivity (Wildman–Crippen MR) is 119 cm³/mol. The van der Waals surface area contributed by atoms with Gasteiger partial charge in [-0.1, -0.05) is 26.0 Å². The summed E-state index contributed by atoms with van der Waals surface area (Å²) in [6.45, 7) is 6.06. The topological polar surface area (TPSA) is 110 Å². The van der Waals surface area contributed by atoms with Gasteiger partial charge < -0.3 is 10.1 Å². The van der Waals surface area contributed by atoms with Gasteiger partial charge in [0.15, 0.2) is 0 Å². The number of sulfonamides is 1. The summed E-state index contributed by atoms with van der Waals surface area (Å²) in [5, 5.41) is 10.8. The first-order valence-electron chi connectivity index (χ1n) is 9.70. The van der Waals surface area contributed by atoms with Crippen molar-refractivity contribution < 1.29 is 17.9 Å². The Labute approximate surface area is 181 Å². The van der Waals surface area contributed by atoms with Crippen LogP contribution in [0.5, 0.6) is 5.88 Å². The molecule has 1 heterocycles. The predicted octanol–water partition coefficient (Wildman–Crippen LogP) is 3.94. The fourth-order valence-corrected chi connectivity index (χ4v) is 3.71. The minimum absolute atomic E-state index is 0.0912. The van der Waals surface area contributed by atoms with Crippen LogP contribution >= 0.6 is 0 Å². The summed E-state index contributed by atoms with van der Waals surface area (Å²) in [5.74, 6) is 0.635. The van der Waals surface area contributed by atoms with Crippen LogP contribution in [0.15, 0.2) is 65.6 Å². The summed E-state index contributed by atoms with van der Waals surface area (Å²) < 4.78 is 33.3. The van der Waals surface area contributed by atoms with Crippen LogP contribution in [0.25, 0.3) is 11.3 Å². The zero-order chi connectivity index (χ0) is 22.4. The highest BCUT2D eigenvalue weighted by molar-refractivity contribution is 7.92. The molecule has 0 saturated heterocycles. The molecule has 162 valence electrons. The maximum absolute atomic E-state index is 12.6. The number of hydrogen-bond donors (Lipinski definition) is 2. The molecule has 0 unspecified atom stereocenters. The van der Waals surface area contributed by atoms with Crippen molar-refractivity contribution in [2.45, 2.75) is 25.7 Å². The maximum atomic E-state index is 12.6. The number of carbonyl (C=O) groups is 1. The third-order valence-electron chi connectivity index (χ3n) is 4.12. The normalized spacial score (nSPS) is 11.2. The third kappa shape index (κ3) is 6.26.